The normalized spacial score (nSPS) is 21.8. The number of anilines is 2. The summed E-state index contributed by atoms with van der Waals surface area (Å²) >= 11 is 18.9. The third-order valence-electron chi connectivity index (χ3n) is 6.35. The molecule has 0 amide bonds. The van der Waals surface area contributed by atoms with Crippen LogP contribution in [0.2, 0.25) is 15.1 Å². The van der Waals surface area contributed by atoms with Crippen LogP contribution in [0.15, 0.2) is 36.4 Å². The molecule has 0 saturated carbocycles. The molecule has 0 spiro atoms. The second-order valence-corrected chi connectivity index (χ2v) is 9.71. The minimum atomic E-state index is 0.00706. The van der Waals surface area contributed by atoms with E-state index in [9.17, 15) is 0 Å². The third-order valence-corrected chi connectivity index (χ3v) is 7.25. The number of piperidine rings is 1. The maximum Gasteiger partial charge on any atom is 0.0639 e. The fourth-order valence-corrected chi connectivity index (χ4v) is 5.36. The summed E-state index contributed by atoms with van der Waals surface area (Å²) in [6.45, 7) is 6.37. The molecule has 0 bridgehead atoms. The summed E-state index contributed by atoms with van der Waals surface area (Å²) in [6.07, 6.45) is 3.48. The summed E-state index contributed by atoms with van der Waals surface area (Å²) in [5, 5.41) is 5.51. The summed E-state index contributed by atoms with van der Waals surface area (Å²) < 4.78 is 0. The molecule has 2 atom stereocenters. The van der Waals surface area contributed by atoms with Gasteiger partial charge in [-0.15, -0.1) is 0 Å². The number of likely N-dealkylation sites (tertiary alicyclic amines) is 1. The Hall–Kier alpha value is -1.17. The van der Waals surface area contributed by atoms with Crippen molar-refractivity contribution >= 4 is 46.2 Å². The topological polar surface area (TPSA) is 44.5 Å². The first-order valence-corrected chi connectivity index (χ1v) is 11.8. The van der Waals surface area contributed by atoms with Gasteiger partial charge in [-0.2, -0.15) is 0 Å². The van der Waals surface area contributed by atoms with Gasteiger partial charge >= 0.3 is 0 Å². The van der Waals surface area contributed by atoms with Crippen molar-refractivity contribution in [3.63, 3.8) is 0 Å². The van der Waals surface area contributed by atoms with Crippen LogP contribution in [0.1, 0.15) is 37.8 Å². The summed E-state index contributed by atoms with van der Waals surface area (Å²) in [4.78, 5) is 5.03. The van der Waals surface area contributed by atoms with E-state index >= 15 is 0 Å². The lowest BCUT2D eigenvalue weighted by atomic mass is 10.0. The standard InChI is InChI=1S/C23H29Cl3N4/c1-15(20-4-2-16(24)12-22(20)26)28-23-13-19(3-5-21(23)25)29-10-7-18(8-11-29)30-9-6-17(27)14-30/h2-5,12-13,15,17-18,28H,6-11,14,27H2,1H3/t15-,17?/m1/s1. The molecule has 2 aliphatic rings. The van der Waals surface area contributed by atoms with Crippen molar-refractivity contribution in [1.82, 2.24) is 4.90 Å². The number of nitrogens with two attached hydrogens (primary N) is 1. The lowest BCUT2D eigenvalue weighted by Gasteiger charge is -2.38. The highest BCUT2D eigenvalue weighted by atomic mass is 35.5. The monoisotopic (exact) mass is 466 g/mol. The predicted molar refractivity (Wildman–Crippen MR) is 129 cm³/mol. The van der Waals surface area contributed by atoms with Crippen molar-refractivity contribution in [3.05, 3.63) is 57.0 Å². The molecule has 2 heterocycles. The SMILES string of the molecule is C[C@@H](Nc1cc(N2CCC(N3CCC(N)C3)CC2)ccc1Cl)c1ccc(Cl)cc1Cl. The van der Waals surface area contributed by atoms with Crippen LogP contribution in [0.4, 0.5) is 11.4 Å². The van der Waals surface area contributed by atoms with Crippen LogP contribution in [0.5, 0.6) is 0 Å². The van der Waals surface area contributed by atoms with Crippen LogP contribution >= 0.6 is 34.8 Å². The van der Waals surface area contributed by atoms with Gasteiger partial charge in [0.05, 0.1) is 16.8 Å². The fourth-order valence-electron chi connectivity index (χ4n) is 4.62. The van der Waals surface area contributed by atoms with Crippen molar-refractivity contribution in [2.24, 2.45) is 5.73 Å². The summed E-state index contributed by atoms with van der Waals surface area (Å²) in [7, 11) is 0. The molecule has 7 heteroatoms. The molecule has 2 aromatic carbocycles. The van der Waals surface area contributed by atoms with E-state index in [1.165, 1.54) is 18.5 Å². The fraction of sp³-hybridized carbons (Fsp3) is 0.478. The zero-order valence-electron chi connectivity index (χ0n) is 17.3. The Morgan fingerprint density at radius 1 is 0.967 bits per heavy atom. The van der Waals surface area contributed by atoms with Gasteiger partial charge in [-0.3, -0.25) is 4.90 Å². The summed E-state index contributed by atoms with van der Waals surface area (Å²) in [6, 6.07) is 12.8. The summed E-state index contributed by atoms with van der Waals surface area (Å²) in [5.74, 6) is 0. The molecule has 2 aromatic rings. The lowest BCUT2D eigenvalue weighted by molar-refractivity contribution is 0.205. The largest absolute Gasteiger partial charge is 0.377 e. The zero-order valence-corrected chi connectivity index (χ0v) is 19.5. The van der Waals surface area contributed by atoms with Gasteiger partial charge in [-0.25, -0.2) is 0 Å². The number of benzene rings is 2. The van der Waals surface area contributed by atoms with Crippen molar-refractivity contribution in [1.29, 1.82) is 0 Å². The molecular formula is C23H29Cl3N4. The highest BCUT2D eigenvalue weighted by molar-refractivity contribution is 6.35. The molecular weight excluding hydrogens is 439 g/mol. The first-order chi connectivity index (χ1) is 14.4. The quantitative estimate of drug-likeness (QED) is 0.581. The van der Waals surface area contributed by atoms with E-state index in [-0.39, 0.29) is 6.04 Å². The van der Waals surface area contributed by atoms with Crippen molar-refractivity contribution < 1.29 is 0 Å². The number of nitrogens with zero attached hydrogens (tertiary/aromatic N) is 2. The zero-order chi connectivity index (χ0) is 21.3. The highest BCUT2D eigenvalue weighted by Gasteiger charge is 2.29. The van der Waals surface area contributed by atoms with E-state index in [1.807, 2.05) is 18.2 Å². The smallest absolute Gasteiger partial charge is 0.0639 e. The van der Waals surface area contributed by atoms with Gasteiger partial charge in [0, 0.05) is 54.0 Å². The molecule has 3 N–H and O–H groups in total. The number of rotatable bonds is 5. The Balaban J connectivity index is 1.42. The van der Waals surface area contributed by atoms with E-state index in [4.69, 9.17) is 40.5 Å². The average molecular weight is 468 g/mol. The Morgan fingerprint density at radius 3 is 2.40 bits per heavy atom. The van der Waals surface area contributed by atoms with Crippen LogP contribution in [0, 0.1) is 0 Å². The van der Waals surface area contributed by atoms with E-state index in [0.717, 1.165) is 43.9 Å². The van der Waals surface area contributed by atoms with Crippen LogP contribution < -0.4 is 16.0 Å². The second-order valence-electron chi connectivity index (χ2n) is 8.46. The lowest BCUT2D eigenvalue weighted by Crippen LogP contribution is -2.44. The van der Waals surface area contributed by atoms with Crippen LogP contribution in [-0.2, 0) is 0 Å². The molecule has 30 heavy (non-hydrogen) atoms. The first kappa shape index (κ1) is 22.0. The van der Waals surface area contributed by atoms with E-state index < -0.39 is 0 Å². The van der Waals surface area contributed by atoms with Gasteiger partial charge in [0.2, 0.25) is 0 Å². The van der Waals surface area contributed by atoms with Crippen LogP contribution in [0.25, 0.3) is 0 Å². The van der Waals surface area contributed by atoms with Crippen molar-refractivity contribution in [2.75, 3.05) is 36.4 Å². The summed E-state index contributed by atoms with van der Waals surface area (Å²) in [5.41, 5.74) is 9.20. The Morgan fingerprint density at radius 2 is 1.73 bits per heavy atom. The number of nitrogens with one attached hydrogen (secondary N) is 1. The van der Waals surface area contributed by atoms with Gasteiger partial charge in [0.25, 0.3) is 0 Å². The van der Waals surface area contributed by atoms with Crippen molar-refractivity contribution in [3.8, 4) is 0 Å². The second kappa shape index (κ2) is 9.54. The third kappa shape index (κ3) is 5.00. The predicted octanol–water partition coefficient (Wildman–Crippen LogP) is 5.82. The molecule has 0 aromatic heterocycles. The number of halogens is 3. The number of hydrogen-bond donors (Lipinski definition) is 2. The van der Waals surface area contributed by atoms with Gasteiger partial charge in [0.1, 0.15) is 0 Å². The Labute approximate surface area is 194 Å². The average Bonchev–Trinajstić information content (AvgIpc) is 3.16. The van der Waals surface area contributed by atoms with Gasteiger partial charge in [0.15, 0.2) is 0 Å². The van der Waals surface area contributed by atoms with Crippen LogP contribution in [0.3, 0.4) is 0 Å². The Kier molecular flexibility index (Phi) is 7.01. The maximum absolute atomic E-state index is 6.50. The minimum absolute atomic E-state index is 0.00706. The molecule has 2 saturated heterocycles. The molecule has 1 unspecified atom stereocenters. The van der Waals surface area contributed by atoms with E-state index in [2.05, 4.69) is 34.2 Å². The number of hydrogen-bond acceptors (Lipinski definition) is 4. The molecule has 0 aliphatic carbocycles. The molecule has 0 radical (unpaired) electrons. The minimum Gasteiger partial charge on any atom is -0.377 e. The van der Waals surface area contributed by atoms with Crippen LogP contribution in [-0.4, -0.2) is 43.2 Å². The molecule has 162 valence electrons. The molecule has 2 aliphatic heterocycles. The van der Waals surface area contributed by atoms with Crippen molar-refractivity contribution in [2.45, 2.75) is 44.3 Å². The van der Waals surface area contributed by atoms with E-state index in [0.29, 0.717) is 27.2 Å². The molecule has 4 rings (SSSR count). The van der Waals surface area contributed by atoms with E-state index in [1.54, 1.807) is 6.07 Å². The Bertz CT molecular complexity index is 883. The highest BCUT2D eigenvalue weighted by Crippen LogP contribution is 2.34. The molecule has 4 nitrogen and oxygen atoms in total. The first-order valence-electron chi connectivity index (χ1n) is 10.7. The molecule has 2 fully saturated rings. The van der Waals surface area contributed by atoms with Gasteiger partial charge < -0.3 is 16.0 Å². The van der Waals surface area contributed by atoms with Gasteiger partial charge in [-0.1, -0.05) is 40.9 Å². The maximum atomic E-state index is 6.50. The van der Waals surface area contributed by atoms with Gasteiger partial charge in [-0.05, 0) is 62.1 Å².